The van der Waals surface area contributed by atoms with Crippen LogP contribution in [0.4, 0.5) is 10.8 Å². The predicted molar refractivity (Wildman–Crippen MR) is 120 cm³/mol. The molecule has 1 aromatic carbocycles. The third-order valence-corrected chi connectivity index (χ3v) is 6.37. The Morgan fingerprint density at radius 2 is 2.00 bits per heavy atom. The second kappa shape index (κ2) is 9.71. The number of thiazole rings is 1. The van der Waals surface area contributed by atoms with Gasteiger partial charge in [-0.25, -0.2) is 4.98 Å². The number of amides is 1. The highest BCUT2D eigenvalue weighted by atomic mass is 35.5. The summed E-state index contributed by atoms with van der Waals surface area (Å²) in [5.41, 5.74) is 1.02. The number of nitrogens with zero attached hydrogens (tertiary/aromatic N) is 1. The molecule has 0 bridgehead atoms. The molecular weight excluding hydrogens is 423 g/mol. The number of benzene rings is 1. The summed E-state index contributed by atoms with van der Waals surface area (Å²) in [5, 5.41) is 10.7. The smallest absolute Gasteiger partial charge is 0.261 e. The standard InChI is InChI=1S/C18H20N4OS2.2ClH/c1-11-9-13(7-8-19-11)20-16(23)14-10-15-17(24-14)22-18(25-15)21-12-5-3-2-4-6-12;;/h2-6,10-11,13,19H,7-9H2,1H3,(H,20,23)(H,21,22);2*1H. The van der Waals surface area contributed by atoms with E-state index >= 15 is 0 Å². The maximum atomic E-state index is 12.5. The average Bonchev–Trinajstić information content (AvgIpc) is 3.14. The molecule has 1 aliphatic heterocycles. The summed E-state index contributed by atoms with van der Waals surface area (Å²) in [7, 11) is 0. The van der Waals surface area contributed by atoms with E-state index in [1.54, 1.807) is 11.3 Å². The number of nitrogens with one attached hydrogen (secondary N) is 3. The van der Waals surface area contributed by atoms with Crippen LogP contribution in [0.2, 0.25) is 0 Å². The Morgan fingerprint density at radius 3 is 2.70 bits per heavy atom. The summed E-state index contributed by atoms with van der Waals surface area (Å²) < 4.78 is 1.05. The maximum Gasteiger partial charge on any atom is 0.261 e. The fourth-order valence-electron chi connectivity index (χ4n) is 3.06. The molecule has 0 saturated carbocycles. The summed E-state index contributed by atoms with van der Waals surface area (Å²) in [6, 6.07) is 12.6. The Labute approximate surface area is 178 Å². The molecule has 0 spiro atoms. The van der Waals surface area contributed by atoms with Gasteiger partial charge in [-0.1, -0.05) is 29.5 Å². The minimum atomic E-state index is 0. The molecule has 1 amide bonds. The number of hydrogen-bond acceptors (Lipinski definition) is 6. The van der Waals surface area contributed by atoms with E-state index in [4.69, 9.17) is 0 Å². The maximum absolute atomic E-state index is 12.5. The van der Waals surface area contributed by atoms with Crippen molar-refractivity contribution in [3.05, 3.63) is 41.3 Å². The first-order valence-electron chi connectivity index (χ1n) is 8.44. The fraction of sp³-hybridized carbons (Fsp3) is 0.333. The van der Waals surface area contributed by atoms with Gasteiger partial charge in [0.2, 0.25) is 0 Å². The van der Waals surface area contributed by atoms with E-state index in [-0.39, 0.29) is 36.8 Å². The van der Waals surface area contributed by atoms with Crippen molar-refractivity contribution in [2.24, 2.45) is 0 Å². The number of piperidine rings is 1. The number of halogens is 2. The topological polar surface area (TPSA) is 66.0 Å². The molecule has 1 fully saturated rings. The lowest BCUT2D eigenvalue weighted by Gasteiger charge is -2.28. The first kappa shape index (κ1) is 21.9. The van der Waals surface area contributed by atoms with Crippen LogP contribution in [-0.2, 0) is 0 Å². The quantitative estimate of drug-likeness (QED) is 0.539. The molecule has 2 aromatic heterocycles. The van der Waals surface area contributed by atoms with E-state index in [0.717, 1.165) is 44.6 Å². The molecule has 1 aliphatic rings. The SMILES string of the molecule is CC1CC(NC(=O)c2cc3sc(Nc4ccccc4)nc3s2)CCN1.Cl.Cl. The van der Waals surface area contributed by atoms with Gasteiger partial charge in [-0.15, -0.1) is 36.2 Å². The van der Waals surface area contributed by atoms with Crippen molar-refractivity contribution in [2.45, 2.75) is 31.8 Å². The van der Waals surface area contributed by atoms with E-state index in [0.29, 0.717) is 6.04 Å². The van der Waals surface area contributed by atoms with Gasteiger partial charge in [-0.05, 0) is 44.5 Å². The number of para-hydroxylation sites is 1. The Morgan fingerprint density at radius 1 is 1.22 bits per heavy atom. The van der Waals surface area contributed by atoms with E-state index in [9.17, 15) is 4.79 Å². The second-order valence-corrected chi connectivity index (χ2v) is 8.40. The molecular formula is C18H22Cl2N4OS2. The van der Waals surface area contributed by atoms with E-state index in [1.165, 1.54) is 11.3 Å². The van der Waals surface area contributed by atoms with Crippen molar-refractivity contribution in [3.8, 4) is 0 Å². The highest BCUT2D eigenvalue weighted by Gasteiger charge is 2.22. The third kappa shape index (κ3) is 5.33. The summed E-state index contributed by atoms with van der Waals surface area (Å²) in [5.74, 6) is 0.0202. The summed E-state index contributed by atoms with van der Waals surface area (Å²) in [6.07, 6.45) is 1.97. The van der Waals surface area contributed by atoms with Crippen molar-refractivity contribution in [2.75, 3.05) is 11.9 Å². The molecule has 2 unspecified atom stereocenters. The minimum Gasteiger partial charge on any atom is -0.348 e. The third-order valence-electron chi connectivity index (χ3n) is 4.30. The fourth-order valence-corrected chi connectivity index (χ4v) is 5.10. The van der Waals surface area contributed by atoms with Gasteiger partial charge in [-0.3, -0.25) is 4.79 Å². The highest BCUT2D eigenvalue weighted by molar-refractivity contribution is 7.29. The lowest BCUT2D eigenvalue weighted by Crippen LogP contribution is -2.46. The van der Waals surface area contributed by atoms with Crippen molar-refractivity contribution in [1.82, 2.24) is 15.6 Å². The molecule has 1 saturated heterocycles. The van der Waals surface area contributed by atoms with E-state index in [2.05, 4.69) is 27.9 Å². The minimum absolute atomic E-state index is 0. The largest absolute Gasteiger partial charge is 0.348 e. The van der Waals surface area contributed by atoms with Crippen LogP contribution in [0.3, 0.4) is 0 Å². The van der Waals surface area contributed by atoms with Gasteiger partial charge >= 0.3 is 0 Å². The Balaban J connectivity index is 0.00000131. The summed E-state index contributed by atoms with van der Waals surface area (Å²) in [6.45, 7) is 3.12. The molecule has 146 valence electrons. The lowest BCUT2D eigenvalue weighted by atomic mass is 10.0. The number of carbonyl (C=O) groups excluding carboxylic acids is 1. The van der Waals surface area contributed by atoms with Crippen LogP contribution in [0.25, 0.3) is 9.53 Å². The Hall–Kier alpha value is -1.38. The number of hydrogen-bond donors (Lipinski definition) is 3. The highest BCUT2D eigenvalue weighted by Crippen LogP contribution is 2.34. The number of aromatic nitrogens is 1. The molecule has 5 nitrogen and oxygen atoms in total. The average molecular weight is 445 g/mol. The van der Waals surface area contributed by atoms with Crippen LogP contribution in [0, 0.1) is 0 Å². The molecule has 3 heterocycles. The van der Waals surface area contributed by atoms with Gasteiger partial charge < -0.3 is 16.0 Å². The lowest BCUT2D eigenvalue weighted by molar-refractivity contribution is 0.0930. The van der Waals surface area contributed by atoms with Crippen LogP contribution < -0.4 is 16.0 Å². The first-order chi connectivity index (χ1) is 12.2. The zero-order valence-electron chi connectivity index (χ0n) is 14.7. The van der Waals surface area contributed by atoms with Crippen molar-refractivity contribution in [1.29, 1.82) is 0 Å². The second-order valence-electron chi connectivity index (χ2n) is 6.34. The molecule has 3 aromatic rings. The summed E-state index contributed by atoms with van der Waals surface area (Å²) >= 11 is 3.03. The van der Waals surface area contributed by atoms with Crippen LogP contribution in [0.1, 0.15) is 29.4 Å². The van der Waals surface area contributed by atoms with Crippen molar-refractivity contribution < 1.29 is 4.79 Å². The molecule has 3 N–H and O–H groups in total. The van der Waals surface area contributed by atoms with Gasteiger partial charge in [0.1, 0.15) is 4.83 Å². The number of carbonyl (C=O) groups is 1. The molecule has 4 rings (SSSR count). The monoisotopic (exact) mass is 444 g/mol. The van der Waals surface area contributed by atoms with Crippen LogP contribution in [0.15, 0.2) is 36.4 Å². The number of thiophene rings is 1. The molecule has 0 aliphatic carbocycles. The van der Waals surface area contributed by atoms with Gasteiger partial charge in [0.05, 0.1) is 9.58 Å². The van der Waals surface area contributed by atoms with E-state index < -0.39 is 0 Å². The van der Waals surface area contributed by atoms with Crippen LogP contribution >= 0.6 is 47.5 Å². The molecule has 0 radical (unpaired) electrons. The van der Waals surface area contributed by atoms with Gasteiger partial charge in [0.15, 0.2) is 5.13 Å². The summed E-state index contributed by atoms with van der Waals surface area (Å²) in [4.78, 5) is 18.8. The molecule has 2 atom stereocenters. The number of rotatable bonds is 4. The Bertz CT molecular complexity index is 853. The van der Waals surface area contributed by atoms with Crippen LogP contribution in [-0.4, -0.2) is 29.5 Å². The Kier molecular flexibility index (Phi) is 7.88. The number of anilines is 2. The van der Waals surface area contributed by atoms with Gasteiger partial charge in [-0.2, -0.15) is 0 Å². The van der Waals surface area contributed by atoms with Crippen LogP contribution in [0.5, 0.6) is 0 Å². The molecule has 27 heavy (non-hydrogen) atoms. The van der Waals surface area contributed by atoms with Crippen molar-refractivity contribution >= 4 is 73.7 Å². The zero-order chi connectivity index (χ0) is 17.2. The van der Waals surface area contributed by atoms with Gasteiger partial charge in [0.25, 0.3) is 5.91 Å². The normalized spacial score (nSPS) is 19.0. The first-order valence-corrected chi connectivity index (χ1v) is 10.1. The predicted octanol–water partition coefficient (Wildman–Crippen LogP) is 4.82. The van der Waals surface area contributed by atoms with Gasteiger partial charge in [0, 0.05) is 17.8 Å². The molecule has 9 heteroatoms. The van der Waals surface area contributed by atoms with E-state index in [1.807, 2.05) is 36.4 Å². The number of fused-ring (bicyclic) bond motifs is 1. The zero-order valence-corrected chi connectivity index (χ0v) is 18.0. The van der Waals surface area contributed by atoms with Crippen molar-refractivity contribution in [3.63, 3.8) is 0 Å².